The number of hydrogen-bond acceptors (Lipinski definition) is 4. The average molecular weight is 787 g/mol. The van der Waals surface area contributed by atoms with Crippen LogP contribution in [-0.4, -0.2) is 15.0 Å². The third-order valence-corrected chi connectivity index (χ3v) is 12.3. The molecule has 1 heterocycles. The molecule has 62 heavy (non-hydrogen) atoms. The molecule has 0 N–H and O–H groups in total. The van der Waals surface area contributed by atoms with Crippen molar-refractivity contribution in [3.63, 3.8) is 0 Å². The van der Waals surface area contributed by atoms with Crippen LogP contribution in [0.15, 0.2) is 206 Å². The molecule has 0 atom stereocenters. The molecular weight excluding hydrogens is 753 g/mol. The molecule has 1 aliphatic carbocycles. The fourth-order valence-electron chi connectivity index (χ4n) is 9.36. The van der Waals surface area contributed by atoms with Crippen molar-refractivity contribution in [3.8, 4) is 95.9 Å². The van der Waals surface area contributed by atoms with Crippen molar-refractivity contribution in [2.24, 2.45) is 0 Å². The smallest absolute Gasteiger partial charge is 0.164 e. The van der Waals surface area contributed by atoms with Gasteiger partial charge in [-0.15, -0.1) is 0 Å². The van der Waals surface area contributed by atoms with E-state index in [0.29, 0.717) is 23.0 Å². The first-order valence-corrected chi connectivity index (χ1v) is 20.8. The minimum atomic E-state index is 0.642. The number of nitrogens with zero attached hydrogens (tertiary/aromatic N) is 4. The Morgan fingerprint density at radius 3 is 1.23 bits per heavy atom. The van der Waals surface area contributed by atoms with Crippen LogP contribution in [0, 0.1) is 11.3 Å². The monoisotopic (exact) mass is 786 g/mol. The molecule has 0 spiro atoms. The number of aromatic nitrogens is 3. The molecule has 0 bridgehead atoms. The van der Waals surface area contributed by atoms with Crippen LogP contribution in [0.5, 0.6) is 0 Å². The van der Waals surface area contributed by atoms with Crippen molar-refractivity contribution in [3.05, 3.63) is 212 Å². The SMILES string of the molecule is N#Cc1ccc(-c2ccc3c4c(ccc(-c5ccc(-c6cccc7cc8c(-c9nc(-c%10ccccc%10)nc(-c%10ccccc%10)n9)cccc8cc67)cc5)c24)-c2ccccc2-3)cc1. The van der Waals surface area contributed by atoms with Crippen LogP contribution < -0.4 is 0 Å². The lowest BCUT2D eigenvalue weighted by Crippen LogP contribution is -2.00. The quantitative estimate of drug-likeness (QED) is 0.158. The Labute approximate surface area is 358 Å². The lowest BCUT2D eigenvalue weighted by atomic mass is 9.87. The minimum Gasteiger partial charge on any atom is -0.208 e. The largest absolute Gasteiger partial charge is 0.208 e. The Bertz CT molecular complexity index is 3520. The molecule has 0 fully saturated rings. The van der Waals surface area contributed by atoms with E-state index in [1.165, 1.54) is 49.5 Å². The van der Waals surface area contributed by atoms with Gasteiger partial charge in [-0.3, -0.25) is 0 Å². The van der Waals surface area contributed by atoms with Crippen molar-refractivity contribution in [1.82, 2.24) is 15.0 Å². The molecule has 4 heteroatoms. The second-order valence-corrected chi connectivity index (χ2v) is 15.8. The van der Waals surface area contributed by atoms with E-state index in [-0.39, 0.29) is 0 Å². The van der Waals surface area contributed by atoms with Gasteiger partial charge in [-0.05, 0) is 112 Å². The molecule has 1 aromatic heterocycles. The van der Waals surface area contributed by atoms with Gasteiger partial charge in [0.15, 0.2) is 17.5 Å². The third-order valence-electron chi connectivity index (χ3n) is 12.3. The Kier molecular flexibility index (Phi) is 8.19. The number of nitriles is 1. The van der Waals surface area contributed by atoms with Crippen molar-refractivity contribution < 1.29 is 0 Å². The summed E-state index contributed by atoms with van der Waals surface area (Å²) in [7, 11) is 0. The van der Waals surface area contributed by atoms with E-state index in [2.05, 4.69) is 140 Å². The van der Waals surface area contributed by atoms with Crippen LogP contribution in [0.4, 0.5) is 0 Å². The Morgan fingerprint density at radius 2 is 0.694 bits per heavy atom. The fourth-order valence-corrected chi connectivity index (χ4v) is 9.36. The molecule has 4 nitrogen and oxygen atoms in total. The molecule has 10 aromatic carbocycles. The van der Waals surface area contributed by atoms with E-state index in [1.54, 1.807) is 0 Å². The van der Waals surface area contributed by atoms with Crippen LogP contribution in [0.3, 0.4) is 0 Å². The van der Waals surface area contributed by atoms with Gasteiger partial charge in [-0.1, -0.05) is 182 Å². The summed E-state index contributed by atoms with van der Waals surface area (Å²) in [6, 6.07) is 74.8. The summed E-state index contributed by atoms with van der Waals surface area (Å²) in [5.74, 6) is 1.93. The summed E-state index contributed by atoms with van der Waals surface area (Å²) in [5, 5.41) is 16.6. The molecule has 0 aliphatic heterocycles. The van der Waals surface area contributed by atoms with Gasteiger partial charge >= 0.3 is 0 Å². The number of hydrogen-bond donors (Lipinski definition) is 0. The van der Waals surface area contributed by atoms with Gasteiger partial charge in [-0.25, -0.2) is 15.0 Å². The summed E-state index contributed by atoms with van der Waals surface area (Å²) < 4.78 is 0. The second kappa shape index (κ2) is 14.3. The normalized spacial score (nSPS) is 11.5. The van der Waals surface area contributed by atoms with E-state index in [9.17, 15) is 5.26 Å². The predicted octanol–water partition coefficient (Wildman–Crippen LogP) is 14.9. The molecule has 0 saturated heterocycles. The zero-order valence-corrected chi connectivity index (χ0v) is 33.4. The van der Waals surface area contributed by atoms with Crippen molar-refractivity contribution in [2.75, 3.05) is 0 Å². The van der Waals surface area contributed by atoms with E-state index in [4.69, 9.17) is 15.0 Å². The molecule has 286 valence electrons. The van der Waals surface area contributed by atoms with Crippen LogP contribution in [-0.2, 0) is 0 Å². The van der Waals surface area contributed by atoms with Crippen LogP contribution >= 0.6 is 0 Å². The Morgan fingerprint density at radius 1 is 0.290 bits per heavy atom. The van der Waals surface area contributed by atoms with E-state index in [0.717, 1.165) is 55.1 Å². The van der Waals surface area contributed by atoms with Gasteiger partial charge in [0.1, 0.15) is 0 Å². The highest BCUT2D eigenvalue weighted by molar-refractivity contribution is 6.22. The lowest BCUT2D eigenvalue weighted by molar-refractivity contribution is 1.08. The summed E-state index contributed by atoms with van der Waals surface area (Å²) in [6.45, 7) is 0. The first-order chi connectivity index (χ1) is 30.7. The van der Waals surface area contributed by atoms with Crippen molar-refractivity contribution >= 4 is 32.3 Å². The minimum absolute atomic E-state index is 0.642. The average Bonchev–Trinajstić information content (AvgIpc) is 3.68. The van der Waals surface area contributed by atoms with Crippen LogP contribution in [0.2, 0.25) is 0 Å². The first-order valence-electron chi connectivity index (χ1n) is 20.8. The molecule has 0 radical (unpaired) electrons. The first kappa shape index (κ1) is 35.4. The molecule has 0 saturated carbocycles. The third kappa shape index (κ3) is 5.79. The molecule has 0 unspecified atom stereocenters. The summed E-state index contributed by atoms with van der Waals surface area (Å²) in [5.41, 5.74) is 15.5. The second-order valence-electron chi connectivity index (χ2n) is 15.8. The number of benzene rings is 10. The molecule has 0 amide bonds. The van der Waals surface area contributed by atoms with Gasteiger partial charge in [0.25, 0.3) is 0 Å². The molecule has 1 aliphatic rings. The highest BCUT2D eigenvalue weighted by Crippen LogP contribution is 2.52. The van der Waals surface area contributed by atoms with Gasteiger partial charge in [0.2, 0.25) is 0 Å². The topological polar surface area (TPSA) is 62.5 Å². The van der Waals surface area contributed by atoms with Gasteiger partial charge in [0, 0.05) is 16.7 Å². The van der Waals surface area contributed by atoms with Crippen molar-refractivity contribution in [1.29, 1.82) is 5.26 Å². The van der Waals surface area contributed by atoms with E-state index >= 15 is 0 Å². The highest BCUT2D eigenvalue weighted by atomic mass is 15.0. The Hall–Kier alpha value is -8.52. The van der Waals surface area contributed by atoms with Gasteiger partial charge in [-0.2, -0.15) is 5.26 Å². The molecule has 12 rings (SSSR count). The molecular formula is C58H34N4. The maximum Gasteiger partial charge on any atom is 0.164 e. The zero-order valence-electron chi connectivity index (χ0n) is 33.4. The van der Waals surface area contributed by atoms with Crippen molar-refractivity contribution in [2.45, 2.75) is 0 Å². The summed E-state index contributed by atoms with van der Waals surface area (Å²) in [6.07, 6.45) is 0. The number of fused-ring (bicyclic) bond motifs is 5. The fraction of sp³-hybridized carbons (Fsp3) is 0. The lowest BCUT2D eigenvalue weighted by Gasteiger charge is -2.16. The highest BCUT2D eigenvalue weighted by Gasteiger charge is 2.25. The van der Waals surface area contributed by atoms with Crippen LogP contribution in [0.25, 0.3) is 122 Å². The van der Waals surface area contributed by atoms with Crippen LogP contribution in [0.1, 0.15) is 5.56 Å². The van der Waals surface area contributed by atoms with E-state index < -0.39 is 0 Å². The summed E-state index contributed by atoms with van der Waals surface area (Å²) >= 11 is 0. The maximum atomic E-state index is 9.54. The Balaban J connectivity index is 0.970. The summed E-state index contributed by atoms with van der Waals surface area (Å²) in [4.78, 5) is 15.1. The van der Waals surface area contributed by atoms with E-state index in [1.807, 2.05) is 72.8 Å². The van der Waals surface area contributed by atoms with Gasteiger partial charge in [0.05, 0.1) is 11.6 Å². The zero-order chi connectivity index (χ0) is 41.1. The standard InChI is InChI=1S/C58H34N4/c59-35-36-21-23-38(24-22-36)45-29-31-49-47-17-7-8-18-48(47)50-32-30-46(54(45)55(49)50)39-27-25-37(26-28-39)44-19-9-15-42-34-53-43(33-52(42)44)16-10-20-51(53)58-61-56(40-11-3-1-4-12-40)60-57(62-58)41-13-5-2-6-14-41/h1-34H. The molecule has 11 aromatic rings. The van der Waals surface area contributed by atoms with Gasteiger partial charge < -0.3 is 0 Å². The predicted molar refractivity (Wildman–Crippen MR) is 254 cm³/mol. The maximum absolute atomic E-state index is 9.54. The number of rotatable bonds is 6.